The van der Waals surface area contributed by atoms with Gasteiger partial charge in [-0.2, -0.15) is 0 Å². The number of aryl methyl sites for hydroxylation is 1. The highest BCUT2D eigenvalue weighted by Gasteiger charge is 2.21. The first-order valence-corrected chi connectivity index (χ1v) is 7.71. The van der Waals surface area contributed by atoms with E-state index < -0.39 is 0 Å². The van der Waals surface area contributed by atoms with E-state index in [0.29, 0.717) is 13.0 Å². The molecule has 1 aromatic heterocycles. The summed E-state index contributed by atoms with van der Waals surface area (Å²) in [7, 11) is 2.00. The average Bonchev–Trinajstić information content (AvgIpc) is 2.69. The molecular formula is C14H26N4OS. The van der Waals surface area contributed by atoms with Crippen molar-refractivity contribution >= 4 is 17.2 Å². The minimum Gasteiger partial charge on any atom is -0.351 e. The van der Waals surface area contributed by atoms with E-state index in [1.165, 1.54) is 4.88 Å². The molecule has 0 radical (unpaired) electrons. The summed E-state index contributed by atoms with van der Waals surface area (Å²) in [5.74, 6) is 0.0424. The Hall–Kier alpha value is -0.980. The average molecular weight is 298 g/mol. The quantitative estimate of drug-likeness (QED) is 0.835. The Balaban J connectivity index is 2.57. The highest BCUT2D eigenvalue weighted by molar-refractivity contribution is 7.09. The van der Waals surface area contributed by atoms with Crippen molar-refractivity contribution in [3.63, 3.8) is 0 Å². The summed E-state index contributed by atoms with van der Waals surface area (Å²) in [6.07, 6.45) is 0.419. The molecule has 0 fully saturated rings. The number of nitrogens with one attached hydrogen (secondary N) is 1. The van der Waals surface area contributed by atoms with Gasteiger partial charge in [0.15, 0.2) is 0 Å². The lowest BCUT2D eigenvalue weighted by molar-refractivity contribution is -0.123. The van der Waals surface area contributed by atoms with Gasteiger partial charge >= 0.3 is 0 Å². The first-order chi connectivity index (χ1) is 9.23. The molecule has 0 aliphatic rings. The van der Waals surface area contributed by atoms with Crippen LogP contribution in [0.1, 0.15) is 37.8 Å². The topological polar surface area (TPSA) is 71.2 Å². The van der Waals surface area contributed by atoms with Crippen LogP contribution in [0.4, 0.5) is 0 Å². The molecule has 5 nitrogen and oxygen atoms in total. The molecule has 3 N–H and O–H groups in total. The van der Waals surface area contributed by atoms with E-state index in [0.717, 1.165) is 12.2 Å². The molecule has 1 unspecified atom stereocenters. The monoisotopic (exact) mass is 298 g/mol. The van der Waals surface area contributed by atoms with Crippen LogP contribution in [0, 0.1) is 6.92 Å². The van der Waals surface area contributed by atoms with E-state index in [2.05, 4.69) is 15.2 Å². The van der Waals surface area contributed by atoms with Crippen LogP contribution in [0.15, 0.2) is 5.51 Å². The maximum absolute atomic E-state index is 12.0. The summed E-state index contributed by atoms with van der Waals surface area (Å²) < 4.78 is 0. The summed E-state index contributed by atoms with van der Waals surface area (Å²) in [5, 5.41) is 2.98. The zero-order valence-corrected chi connectivity index (χ0v) is 13.9. The fourth-order valence-corrected chi connectivity index (χ4v) is 2.78. The van der Waals surface area contributed by atoms with Crippen molar-refractivity contribution in [2.45, 2.75) is 52.2 Å². The van der Waals surface area contributed by atoms with Gasteiger partial charge in [0.25, 0.3) is 0 Å². The van der Waals surface area contributed by atoms with E-state index in [-0.39, 0.29) is 17.5 Å². The molecule has 0 saturated heterocycles. The molecule has 1 rings (SSSR count). The van der Waals surface area contributed by atoms with E-state index in [9.17, 15) is 4.79 Å². The second-order valence-corrected chi connectivity index (χ2v) is 7.11. The Morgan fingerprint density at radius 3 is 2.65 bits per heavy atom. The van der Waals surface area contributed by atoms with Gasteiger partial charge in [-0.05, 0) is 34.7 Å². The number of hydrogen-bond acceptors (Lipinski definition) is 5. The van der Waals surface area contributed by atoms with Crippen molar-refractivity contribution in [3.05, 3.63) is 16.1 Å². The highest BCUT2D eigenvalue weighted by atomic mass is 32.1. The number of likely N-dealkylation sites (N-methyl/N-ethyl adjacent to an activating group) is 1. The van der Waals surface area contributed by atoms with Crippen molar-refractivity contribution in [2.75, 3.05) is 13.6 Å². The third kappa shape index (κ3) is 5.56. The molecule has 0 aliphatic carbocycles. The molecule has 1 heterocycles. The number of amides is 1. The normalized spacial score (nSPS) is 13.6. The van der Waals surface area contributed by atoms with Crippen molar-refractivity contribution in [2.24, 2.45) is 5.73 Å². The standard InChI is InChI=1S/C14H26N4OS/c1-10-12(20-9-16-10)8-18(5)11(7-15)6-13(19)17-14(2,3)4/h9,11H,6-8,15H2,1-5H3,(H,17,19). The van der Waals surface area contributed by atoms with Gasteiger partial charge in [0.1, 0.15) is 0 Å². The Morgan fingerprint density at radius 1 is 1.55 bits per heavy atom. The van der Waals surface area contributed by atoms with E-state index in [1.54, 1.807) is 11.3 Å². The van der Waals surface area contributed by atoms with Crippen LogP contribution in [-0.4, -0.2) is 41.0 Å². The summed E-state index contributed by atoms with van der Waals surface area (Å²) in [6.45, 7) is 9.18. The Bertz CT molecular complexity index is 439. The molecule has 0 saturated carbocycles. The molecule has 1 aromatic rings. The lowest BCUT2D eigenvalue weighted by Gasteiger charge is -2.28. The van der Waals surface area contributed by atoms with E-state index in [4.69, 9.17) is 5.73 Å². The Kier molecular flexibility index (Phi) is 6.10. The van der Waals surface area contributed by atoms with Crippen LogP contribution >= 0.6 is 11.3 Å². The molecule has 20 heavy (non-hydrogen) atoms. The van der Waals surface area contributed by atoms with Crippen LogP contribution in [-0.2, 0) is 11.3 Å². The largest absolute Gasteiger partial charge is 0.351 e. The van der Waals surface area contributed by atoms with Crippen LogP contribution < -0.4 is 11.1 Å². The van der Waals surface area contributed by atoms with Gasteiger partial charge in [-0.15, -0.1) is 11.3 Å². The van der Waals surface area contributed by atoms with Crippen molar-refractivity contribution in [1.82, 2.24) is 15.2 Å². The number of thiazole rings is 1. The third-order valence-electron chi connectivity index (χ3n) is 3.07. The van der Waals surface area contributed by atoms with Crippen molar-refractivity contribution in [1.29, 1.82) is 0 Å². The second kappa shape index (κ2) is 7.15. The smallest absolute Gasteiger partial charge is 0.222 e. The number of carbonyl (C=O) groups excluding carboxylic acids is 1. The van der Waals surface area contributed by atoms with Crippen LogP contribution in [0.25, 0.3) is 0 Å². The van der Waals surface area contributed by atoms with Crippen molar-refractivity contribution in [3.8, 4) is 0 Å². The maximum atomic E-state index is 12.0. The van der Waals surface area contributed by atoms with Gasteiger partial charge in [0.05, 0.1) is 11.2 Å². The van der Waals surface area contributed by atoms with Gasteiger partial charge in [-0.3, -0.25) is 9.69 Å². The minimum absolute atomic E-state index is 0.0406. The predicted octanol–water partition coefficient (Wildman–Crippen LogP) is 1.52. The molecule has 1 atom stereocenters. The van der Waals surface area contributed by atoms with Crippen molar-refractivity contribution < 1.29 is 4.79 Å². The summed E-state index contributed by atoms with van der Waals surface area (Å²) in [6, 6.07) is 0.0406. The fourth-order valence-electron chi connectivity index (χ4n) is 1.94. The van der Waals surface area contributed by atoms with E-state index >= 15 is 0 Å². The van der Waals surface area contributed by atoms with Gasteiger partial charge in [-0.25, -0.2) is 4.98 Å². The summed E-state index contributed by atoms with van der Waals surface area (Å²) in [4.78, 5) is 19.6. The Labute approximate surface area is 125 Å². The molecule has 114 valence electrons. The fraction of sp³-hybridized carbons (Fsp3) is 0.714. The number of rotatable bonds is 6. The van der Waals surface area contributed by atoms with Gasteiger partial charge < -0.3 is 11.1 Å². The number of nitrogens with two attached hydrogens (primary N) is 1. The second-order valence-electron chi connectivity index (χ2n) is 6.17. The van der Waals surface area contributed by atoms with E-state index in [1.807, 2.05) is 40.3 Å². The molecular weight excluding hydrogens is 272 g/mol. The predicted molar refractivity (Wildman–Crippen MR) is 83.7 cm³/mol. The molecule has 0 bridgehead atoms. The van der Waals surface area contributed by atoms with Gasteiger partial charge in [0, 0.05) is 36.0 Å². The lowest BCUT2D eigenvalue weighted by Crippen LogP contribution is -2.46. The number of hydrogen-bond donors (Lipinski definition) is 2. The lowest BCUT2D eigenvalue weighted by atomic mass is 10.1. The zero-order valence-electron chi connectivity index (χ0n) is 13.1. The van der Waals surface area contributed by atoms with Gasteiger partial charge in [0.2, 0.25) is 5.91 Å². The molecule has 0 aromatic carbocycles. The summed E-state index contributed by atoms with van der Waals surface area (Å²) in [5.41, 5.74) is 8.52. The van der Waals surface area contributed by atoms with Gasteiger partial charge in [-0.1, -0.05) is 0 Å². The summed E-state index contributed by atoms with van der Waals surface area (Å²) >= 11 is 1.64. The number of aromatic nitrogens is 1. The van der Waals surface area contributed by atoms with Crippen LogP contribution in [0.3, 0.4) is 0 Å². The Morgan fingerprint density at radius 2 is 2.20 bits per heavy atom. The molecule has 1 amide bonds. The first kappa shape index (κ1) is 17.1. The third-order valence-corrected chi connectivity index (χ3v) is 3.99. The zero-order chi connectivity index (χ0) is 15.3. The minimum atomic E-state index is -0.205. The number of nitrogens with zero attached hydrogens (tertiary/aromatic N) is 2. The van der Waals surface area contributed by atoms with Crippen LogP contribution in [0.2, 0.25) is 0 Å². The number of carbonyl (C=O) groups is 1. The van der Waals surface area contributed by atoms with Crippen LogP contribution in [0.5, 0.6) is 0 Å². The first-order valence-electron chi connectivity index (χ1n) is 6.83. The highest BCUT2D eigenvalue weighted by Crippen LogP contribution is 2.16. The SMILES string of the molecule is Cc1ncsc1CN(C)C(CN)CC(=O)NC(C)(C)C. The maximum Gasteiger partial charge on any atom is 0.222 e. The molecule has 0 aliphatic heterocycles. The molecule has 6 heteroatoms. The molecule has 0 spiro atoms.